The fourth-order valence-corrected chi connectivity index (χ4v) is 3.11. The Morgan fingerprint density at radius 3 is 2.86 bits per heavy atom. The van der Waals surface area contributed by atoms with E-state index in [-0.39, 0.29) is 12.2 Å². The first-order chi connectivity index (χ1) is 13.5. The van der Waals surface area contributed by atoms with Gasteiger partial charge in [-0.15, -0.1) is 0 Å². The number of carbonyl (C=O) groups excluding carboxylic acids is 1. The molecule has 4 heterocycles. The van der Waals surface area contributed by atoms with Crippen LogP contribution in [-0.4, -0.2) is 20.3 Å². The minimum absolute atomic E-state index is 0.0147. The summed E-state index contributed by atoms with van der Waals surface area (Å²) in [6, 6.07) is 12.4. The largest absolute Gasteiger partial charge is 0.839 e. The highest BCUT2D eigenvalue weighted by molar-refractivity contribution is 6.29. The first-order valence-corrected chi connectivity index (χ1v) is 8.95. The number of imidazole rings is 1. The van der Waals surface area contributed by atoms with Gasteiger partial charge in [0.25, 0.3) is 11.6 Å². The lowest BCUT2D eigenvalue weighted by Crippen LogP contribution is -2.37. The van der Waals surface area contributed by atoms with Crippen LogP contribution in [-0.2, 0) is 6.54 Å². The average molecular weight is 394 g/mol. The number of carbonyl (C=O) groups is 1. The molecule has 7 nitrogen and oxygen atoms in total. The average Bonchev–Trinajstić information content (AvgIpc) is 2.95. The van der Waals surface area contributed by atoms with Crippen LogP contribution < -0.4 is 15.0 Å². The van der Waals surface area contributed by atoms with Crippen molar-refractivity contribution in [3.05, 3.63) is 83.0 Å². The van der Waals surface area contributed by atoms with Gasteiger partial charge in [-0.05, 0) is 36.8 Å². The third kappa shape index (κ3) is 3.39. The molecule has 0 atom stereocenters. The smallest absolute Gasteiger partial charge is 0.300 e. The van der Waals surface area contributed by atoms with Gasteiger partial charge in [0.15, 0.2) is 0 Å². The van der Waals surface area contributed by atoms with Crippen molar-refractivity contribution in [2.24, 2.45) is 0 Å². The summed E-state index contributed by atoms with van der Waals surface area (Å²) in [5.41, 5.74) is 2.37. The van der Waals surface area contributed by atoms with Crippen LogP contribution in [0.25, 0.3) is 5.65 Å². The molecule has 4 rings (SSSR count). The highest BCUT2D eigenvalue weighted by Crippen LogP contribution is 2.17. The molecular formula is C20H16ClN5O2. The molecule has 1 N–H and O–H groups in total. The van der Waals surface area contributed by atoms with Crippen LogP contribution in [0.5, 0.6) is 5.88 Å². The number of fused-ring (bicyclic) bond motifs is 1. The van der Waals surface area contributed by atoms with E-state index in [1.54, 1.807) is 53.3 Å². The van der Waals surface area contributed by atoms with Gasteiger partial charge in [-0.3, -0.25) is 4.79 Å². The third-order valence-electron chi connectivity index (χ3n) is 4.30. The van der Waals surface area contributed by atoms with Crippen molar-refractivity contribution in [1.29, 1.82) is 0 Å². The van der Waals surface area contributed by atoms with Gasteiger partial charge in [0.2, 0.25) is 5.69 Å². The van der Waals surface area contributed by atoms with E-state index in [0.29, 0.717) is 16.6 Å². The van der Waals surface area contributed by atoms with Crippen LogP contribution in [0, 0.1) is 6.92 Å². The number of rotatable bonds is 4. The molecule has 0 radical (unpaired) electrons. The molecule has 0 saturated heterocycles. The van der Waals surface area contributed by atoms with Crippen LogP contribution in [0.4, 0.5) is 5.82 Å². The van der Waals surface area contributed by atoms with Crippen LogP contribution in [0.15, 0.2) is 61.1 Å². The van der Waals surface area contributed by atoms with Crippen LogP contribution in [0.1, 0.15) is 21.6 Å². The number of hydrogen-bond donors (Lipinski definition) is 1. The molecular weight excluding hydrogens is 378 g/mol. The molecule has 0 fully saturated rings. The summed E-state index contributed by atoms with van der Waals surface area (Å²) in [5.74, 6) is -0.521. The second-order valence-corrected chi connectivity index (χ2v) is 6.72. The fourth-order valence-electron chi connectivity index (χ4n) is 3.00. The lowest BCUT2D eigenvalue weighted by molar-refractivity contribution is -0.704. The Balaban J connectivity index is 1.75. The monoisotopic (exact) mass is 393 g/mol. The van der Waals surface area contributed by atoms with E-state index in [9.17, 15) is 9.90 Å². The van der Waals surface area contributed by atoms with E-state index in [0.717, 1.165) is 11.1 Å². The van der Waals surface area contributed by atoms with Crippen molar-refractivity contribution in [3.8, 4) is 5.88 Å². The number of hydrogen-bond acceptors (Lipinski definition) is 4. The SMILES string of the molecule is Cc1ccnc(NC(=O)c2c([O-])[n+](Cc3ccc(Cl)nc3)c3ccccn23)c1. The second kappa shape index (κ2) is 7.28. The molecule has 0 bridgehead atoms. The van der Waals surface area contributed by atoms with Crippen LogP contribution in [0.2, 0.25) is 5.15 Å². The number of pyridine rings is 3. The highest BCUT2D eigenvalue weighted by atomic mass is 35.5. The summed E-state index contributed by atoms with van der Waals surface area (Å²) in [4.78, 5) is 21.0. The van der Waals surface area contributed by atoms with Crippen LogP contribution >= 0.6 is 11.6 Å². The Morgan fingerprint density at radius 1 is 1.25 bits per heavy atom. The summed E-state index contributed by atoms with van der Waals surface area (Å²) in [5, 5.41) is 16.2. The third-order valence-corrected chi connectivity index (χ3v) is 4.53. The highest BCUT2D eigenvalue weighted by Gasteiger charge is 2.25. The molecule has 0 aliphatic heterocycles. The van der Waals surface area contributed by atoms with Crippen molar-refractivity contribution in [2.45, 2.75) is 13.5 Å². The minimum Gasteiger partial charge on any atom is -0.839 e. The van der Waals surface area contributed by atoms with Gasteiger partial charge in [-0.1, -0.05) is 23.7 Å². The predicted molar refractivity (Wildman–Crippen MR) is 102 cm³/mol. The molecule has 4 aromatic heterocycles. The lowest BCUT2D eigenvalue weighted by atomic mass is 10.3. The number of aromatic nitrogens is 4. The molecule has 0 aromatic carbocycles. The Kier molecular flexibility index (Phi) is 4.67. The fraction of sp³-hybridized carbons (Fsp3) is 0.100. The van der Waals surface area contributed by atoms with Gasteiger partial charge in [-0.25, -0.2) is 14.5 Å². The Labute approximate surface area is 165 Å². The zero-order chi connectivity index (χ0) is 19.7. The molecule has 0 aliphatic carbocycles. The van der Waals surface area contributed by atoms with E-state index >= 15 is 0 Å². The summed E-state index contributed by atoms with van der Waals surface area (Å²) >= 11 is 5.83. The molecule has 4 aromatic rings. The zero-order valence-electron chi connectivity index (χ0n) is 15.0. The first kappa shape index (κ1) is 17.9. The molecule has 0 aliphatic rings. The van der Waals surface area contributed by atoms with Gasteiger partial charge in [-0.2, -0.15) is 4.40 Å². The maximum absolute atomic E-state index is 13.1. The van der Waals surface area contributed by atoms with Crippen molar-refractivity contribution < 1.29 is 14.5 Å². The van der Waals surface area contributed by atoms with Gasteiger partial charge in [0.05, 0.1) is 6.20 Å². The minimum atomic E-state index is -0.516. The summed E-state index contributed by atoms with van der Waals surface area (Å²) in [6.07, 6.45) is 4.90. The quantitative estimate of drug-likeness (QED) is 0.426. The maximum atomic E-state index is 13.1. The normalized spacial score (nSPS) is 10.9. The van der Waals surface area contributed by atoms with E-state index in [1.807, 2.05) is 19.1 Å². The molecule has 1 amide bonds. The number of aryl methyl sites for hydroxylation is 1. The molecule has 140 valence electrons. The topological polar surface area (TPSA) is 86.2 Å². The van der Waals surface area contributed by atoms with Gasteiger partial charge in [0.1, 0.15) is 23.4 Å². The lowest BCUT2D eigenvalue weighted by Gasteiger charge is -2.08. The number of halogens is 1. The molecule has 0 saturated carbocycles. The van der Waals surface area contributed by atoms with E-state index in [2.05, 4.69) is 15.3 Å². The standard InChI is InChI=1S/C20H16ClN5O2/c1-13-7-8-22-16(10-13)24-19(27)18-20(28)26(17-4-2-3-9-25(17)18)12-14-5-6-15(21)23-11-14/h2-11H,12H2,1H3,(H-,22,24,27,28). The Hall–Kier alpha value is -3.45. The summed E-state index contributed by atoms with van der Waals surface area (Å²) < 4.78 is 3.11. The number of amides is 1. The van der Waals surface area contributed by atoms with E-state index in [1.165, 1.54) is 4.57 Å². The number of anilines is 1. The molecule has 8 heteroatoms. The van der Waals surface area contributed by atoms with Crippen molar-refractivity contribution in [2.75, 3.05) is 5.32 Å². The van der Waals surface area contributed by atoms with Crippen molar-refractivity contribution in [3.63, 3.8) is 0 Å². The molecule has 0 unspecified atom stereocenters. The first-order valence-electron chi connectivity index (χ1n) is 8.57. The van der Waals surface area contributed by atoms with Gasteiger partial charge >= 0.3 is 0 Å². The summed E-state index contributed by atoms with van der Waals surface area (Å²) in [6.45, 7) is 2.17. The predicted octanol–water partition coefficient (Wildman–Crippen LogP) is 2.35. The van der Waals surface area contributed by atoms with E-state index in [4.69, 9.17) is 11.6 Å². The molecule has 0 spiro atoms. The number of nitrogens with zero attached hydrogens (tertiary/aromatic N) is 4. The second-order valence-electron chi connectivity index (χ2n) is 6.33. The van der Waals surface area contributed by atoms with E-state index < -0.39 is 11.8 Å². The van der Waals surface area contributed by atoms with Crippen LogP contribution in [0.3, 0.4) is 0 Å². The van der Waals surface area contributed by atoms with Gasteiger partial charge < -0.3 is 10.4 Å². The zero-order valence-corrected chi connectivity index (χ0v) is 15.7. The Bertz CT molecular complexity index is 1170. The van der Waals surface area contributed by atoms with Gasteiger partial charge in [0, 0.05) is 24.0 Å². The summed E-state index contributed by atoms with van der Waals surface area (Å²) in [7, 11) is 0. The maximum Gasteiger partial charge on any atom is 0.300 e. The molecule has 28 heavy (non-hydrogen) atoms. The van der Waals surface area contributed by atoms with Crippen molar-refractivity contribution >= 4 is 29.0 Å². The number of nitrogens with one attached hydrogen (secondary N) is 1. The Morgan fingerprint density at radius 2 is 2.11 bits per heavy atom. The van der Waals surface area contributed by atoms with Crippen molar-refractivity contribution in [1.82, 2.24) is 14.4 Å².